The second-order valence-electron chi connectivity index (χ2n) is 6.27. The fraction of sp³-hybridized carbons (Fsp3) is 0.556. The zero-order valence-electron chi connectivity index (χ0n) is 12.4. The molecule has 0 aliphatic heterocycles. The maximum Gasteiger partial charge on any atom is 0.227 e. The highest BCUT2D eigenvalue weighted by molar-refractivity contribution is 5.80. The Balaban J connectivity index is 1.73. The lowest BCUT2D eigenvalue weighted by atomic mass is 9.83. The molecule has 1 aromatic carbocycles. The molecule has 0 spiro atoms. The molecular formula is C18H22N2O. The minimum absolute atomic E-state index is 0.0637. The third kappa shape index (κ3) is 2.95. The van der Waals surface area contributed by atoms with Gasteiger partial charge in [-0.15, -0.1) is 0 Å². The summed E-state index contributed by atoms with van der Waals surface area (Å²) < 4.78 is 0. The molecule has 0 saturated heterocycles. The number of amides is 1. The van der Waals surface area contributed by atoms with Crippen LogP contribution in [0, 0.1) is 17.2 Å². The van der Waals surface area contributed by atoms with E-state index in [4.69, 9.17) is 5.26 Å². The molecular weight excluding hydrogens is 260 g/mol. The quantitative estimate of drug-likeness (QED) is 0.800. The van der Waals surface area contributed by atoms with Crippen LogP contribution < -0.4 is 0 Å². The standard InChI is InChI=1S/C18H22N2O/c19-11-12-20(17-7-3-4-8-17)18(21)16-10-9-14-5-1-2-6-15(14)13-16/h1-2,5-6,16-17H,3-4,7-10,12-13H2. The first-order valence-corrected chi connectivity index (χ1v) is 8.04. The van der Waals surface area contributed by atoms with Gasteiger partial charge in [-0.1, -0.05) is 37.1 Å². The van der Waals surface area contributed by atoms with E-state index in [0.29, 0.717) is 6.04 Å². The third-order valence-corrected chi connectivity index (χ3v) is 4.99. The Morgan fingerprint density at radius 1 is 1.19 bits per heavy atom. The zero-order chi connectivity index (χ0) is 14.7. The molecule has 21 heavy (non-hydrogen) atoms. The summed E-state index contributed by atoms with van der Waals surface area (Å²) in [6.45, 7) is 0.252. The van der Waals surface area contributed by atoms with E-state index in [9.17, 15) is 4.79 Å². The highest BCUT2D eigenvalue weighted by atomic mass is 16.2. The number of fused-ring (bicyclic) bond motifs is 1. The van der Waals surface area contributed by atoms with Gasteiger partial charge < -0.3 is 4.90 Å². The van der Waals surface area contributed by atoms with E-state index in [1.165, 1.54) is 24.0 Å². The number of hydrogen-bond acceptors (Lipinski definition) is 2. The van der Waals surface area contributed by atoms with Gasteiger partial charge in [0.05, 0.1) is 6.07 Å². The lowest BCUT2D eigenvalue weighted by molar-refractivity contribution is -0.137. The van der Waals surface area contributed by atoms with Crippen LogP contribution in [0.5, 0.6) is 0 Å². The molecule has 110 valence electrons. The average Bonchev–Trinajstić information content (AvgIpc) is 3.05. The van der Waals surface area contributed by atoms with Gasteiger partial charge in [-0.2, -0.15) is 5.26 Å². The Morgan fingerprint density at radius 2 is 1.90 bits per heavy atom. The summed E-state index contributed by atoms with van der Waals surface area (Å²) in [5, 5.41) is 9.06. The van der Waals surface area contributed by atoms with Crippen molar-refractivity contribution in [3.05, 3.63) is 35.4 Å². The number of nitrogens with zero attached hydrogens (tertiary/aromatic N) is 2. The molecule has 2 aliphatic carbocycles. The van der Waals surface area contributed by atoms with Crippen molar-refractivity contribution in [2.24, 2.45) is 5.92 Å². The molecule has 1 aromatic rings. The van der Waals surface area contributed by atoms with Crippen molar-refractivity contribution in [2.75, 3.05) is 6.54 Å². The fourth-order valence-electron chi connectivity index (χ4n) is 3.82. The first kappa shape index (κ1) is 14.1. The second-order valence-corrected chi connectivity index (χ2v) is 6.27. The van der Waals surface area contributed by atoms with Gasteiger partial charge in [0.2, 0.25) is 5.91 Å². The smallest absolute Gasteiger partial charge is 0.227 e. The number of carbonyl (C=O) groups is 1. The number of carbonyl (C=O) groups excluding carboxylic acids is 1. The lowest BCUT2D eigenvalue weighted by Gasteiger charge is -2.32. The Labute approximate surface area is 126 Å². The molecule has 0 bridgehead atoms. The summed E-state index contributed by atoms with van der Waals surface area (Å²) >= 11 is 0. The molecule has 1 fully saturated rings. The maximum absolute atomic E-state index is 12.9. The summed E-state index contributed by atoms with van der Waals surface area (Å²) in [4.78, 5) is 14.7. The SMILES string of the molecule is N#CCN(C(=O)C1CCc2ccccc2C1)C1CCCC1. The molecule has 1 atom stereocenters. The highest BCUT2D eigenvalue weighted by Crippen LogP contribution is 2.30. The third-order valence-electron chi connectivity index (χ3n) is 4.99. The molecule has 0 aromatic heterocycles. The van der Waals surface area contributed by atoms with Crippen molar-refractivity contribution in [1.82, 2.24) is 4.90 Å². The Bertz CT molecular complexity index is 555. The molecule has 0 N–H and O–H groups in total. The highest BCUT2D eigenvalue weighted by Gasteiger charge is 2.32. The Hall–Kier alpha value is -1.82. The van der Waals surface area contributed by atoms with E-state index < -0.39 is 0 Å². The van der Waals surface area contributed by atoms with Gasteiger partial charge in [-0.05, 0) is 43.2 Å². The molecule has 1 unspecified atom stereocenters. The van der Waals surface area contributed by atoms with Crippen LogP contribution in [0.1, 0.15) is 43.2 Å². The van der Waals surface area contributed by atoms with Crippen molar-refractivity contribution < 1.29 is 4.79 Å². The molecule has 2 aliphatic rings. The van der Waals surface area contributed by atoms with Crippen molar-refractivity contribution in [3.8, 4) is 6.07 Å². The van der Waals surface area contributed by atoms with E-state index in [0.717, 1.165) is 32.1 Å². The van der Waals surface area contributed by atoms with E-state index in [2.05, 4.69) is 30.3 Å². The van der Waals surface area contributed by atoms with Crippen LogP contribution in [0.2, 0.25) is 0 Å². The summed E-state index contributed by atoms with van der Waals surface area (Å²) in [5.74, 6) is 0.270. The van der Waals surface area contributed by atoms with Gasteiger partial charge in [0, 0.05) is 12.0 Å². The van der Waals surface area contributed by atoms with Crippen LogP contribution in [-0.2, 0) is 17.6 Å². The minimum Gasteiger partial charge on any atom is -0.326 e. The van der Waals surface area contributed by atoms with E-state index >= 15 is 0 Å². The number of aryl methyl sites for hydroxylation is 1. The summed E-state index contributed by atoms with van der Waals surface area (Å²) in [5.41, 5.74) is 2.69. The van der Waals surface area contributed by atoms with Crippen molar-refractivity contribution in [3.63, 3.8) is 0 Å². The fourth-order valence-corrected chi connectivity index (χ4v) is 3.82. The maximum atomic E-state index is 12.9. The normalized spacial score (nSPS) is 21.6. The molecule has 0 radical (unpaired) electrons. The van der Waals surface area contributed by atoms with Crippen LogP contribution >= 0.6 is 0 Å². The summed E-state index contributed by atoms with van der Waals surface area (Å²) in [7, 11) is 0. The van der Waals surface area contributed by atoms with Crippen molar-refractivity contribution in [2.45, 2.75) is 51.0 Å². The summed E-state index contributed by atoms with van der Waals surface area (Å²) in [6.07, 6.45) is 7.25. The molecule has 1 saturated carbocycles. The number of nitriles is 1. The zero-order valence-corrected chi connectivity index (χ0v) is 12.4. The van der Waals surface area contributed by atoms with Gasteiger partial charge in [0.1, 0.15) is 6.54 Å². The lowest BCUT2D eigenvalue weighted by Crippen LogP contribution is -2.44. The van der Waals surface area contributed by atoms with E-state index in [1.54, 1.807) is 0 Å². The van der Waals surface area contributed by atoms with Crippen molar-refractivity contribution in [1.29, 1.82) is 5.26 Å². The molecule has 3 nitrogen and oxygen atoms in total. The monoisotopic (exact) mass is 282 g/mol. The average molecular weight is 282 g/mol. The Morgan fingerprint density at radius 3 is 2.62 bits per heavy atom. The van der Waals surface area contributed by atoms with Crippen LogP contribution in [0.3, 0.4) is 0 Å². The summed E-state index contributed by atoms with van der Waals surface area (Å²) in [6, 6.07) is 10.9. The van der Waals surface area contributed by atoms with Gasteiger partial charge >= 0.3 is 0 Å². The van der Waals surface area contributed by atoms with Crippen LogP contribution in [0.4, 0.5) is 0 Å². The molecule has 3 rings (SSSR count). The topological polar surface area (TPSA) is 44.1 Å². The Kier molecular flexibility index (Phi) is 4.24. The van der Waals surface area contributed by atoms with Gasteiger partial charge in [-0.3, -0.25) is 4.79 Å². The number of hydrogen-bond donors (Lipinski definition) is 0. The van der Waals surface area contributed by atoms with Gasteiger partial charge in [-0.25, -0.2) is 0 Å². The second kappa shape index (κ2) is 6.30. The molecule has 1 amide bonds. The molecule has 0 heterocycles. The number of rotatable bonds is 3. The van der Waals surface area contributed by atoms with Gasteiger partial charge in [0.15, 0.2) is 0 Å². The van der Waals surface area contributed by atoms with Crippen molar-refractivity contribution >= 4 is 5.91 Å². The number of benzene rings is 1. The van der Waals surface area contributed by atoms with E-state index in [-0.39, 0.29) is 18.4 Å². The van der Waals surface area contributed by atoms with Crippen LogP contribution in [-0.4, -0.2) is 23.4 Å². The minimum atomic E-state index is 0.0637. The van der Waals surface area contributed by atoms with Crippen LogP contribution in [0.15, 0.2) is 24.3 Å². The molecule has 3 heteroatoms. The first-order chi connectivity index (χ1) is 10.3. The van der Waals surface area contributed by atoms with E-state index in [1.807, 2.05) is 4.90 Å². The first-order valence-electron chi connectivity index (χ1n) is 8.04. The van der Waals surface area contributed by atoms with Crippen LogP contribution in [0.25, 0.3) is 0 Å². The predicted octanol–water partition coefficient (Wildman–Crippen LogP) is 3.09. The predicted molar refractivity (Wildman–Crippen MR) is 81.5 cm³/mol. The van der Waals surface area contributed by atoms with Gasteiger partial charge in [0.25, 0.3) is 0 Å². The largest absolute Gasteiger partial charge is 0.326 e.